The van der Waals surface area contributed by atoms with E-state index in [0.717, 1.165) is 12.0 Å². The fraction of sp³-hybridized carbons (Fsp3) is 0.633. The molecule has 0 radical (unpaired) electrons. The first-order valence-electron chi connectivity index (χ1n) is 14.5. The predicted molar refractivity (Wildman–Crippen MR) is 157 cm³/mol. The van der Waals surface area contributed by atoms with E-state index >= 15 is 0 Å². The number of carbonyl (C=O) groups excluding carboxylic acids is 3. The largest absolute Gasteiger partial charge is 0.508 e. The Bertz CT molecular complexity index is 1210. The van der Waals surface area contributed by atoms with Gasteiger partial charge in [0, 0.05) is 26.2 Å². The van der Waals surface area contributed by atoms with Crippen LogP contribution < -0.4 is 5.32 Å². The van der Waals surface area contributed by atoms with Gasteiger partial charge in [-0.3, -0.25) is 4.79 Å². The number of phenolic OH excluding ortho intramolecular Hbond substituents is 1. The molecule has 1 aliphatic heterocycles. The Morgan fingerprint density at radius 3 is 2.07 bits per heavy atom. The number of piperazine rings is 1. The minimum atomic E-state index is -0.688. The van der Waals surface area contributed by atoms with Gasteiger partial charge in [0.15, 0.2) is 0 Å². The van der Waals surface area contributed by atoms with Crippen molar-refractivity contribution in [2.45, 2.75) is 91.5 Å². The number of hydrogen-bond acceptors (Lipinski definition) is 8. The van der Waals surface area contributed by atoms with Crippen molar-refractivity contribution in [2.75, 3.05) is 26.2 Å². The average Bonchev–Trinajstić information content (AvgIpc) is 3.37. The first-order valence-corrected chi connectivity index (χ1v) is 14.5. The average molecular weight is 587 g/mol. The first-order chi connectivity index (χ1) is 19.6. The summed E-state index contributed by atoms with van der Waals surface area (Å²) in [6.45, 7) is 16.4. The van der Waals surface area contributed by atoms with Gasteiger partial charge in [-0.15, -0.1) is 5.10 Å². The normalized spacial score (nSPS) is 16.4. The summed E-state index contributed by atoms with van der Waals surface area (Å²) in [6.07, 6.45) is 1.82. The third-order valence-electron chi connectivity index (χ3n) is 6.92. The molecule has 0 aliphatic carbocycles. The van der Waals surface area contributed by atoms with Gasteiger partial charge >= 0.3 is 12.2 Å². The summed E-state index contributed by atoms with van der Waals surface area (Å²) in [6, 6.07) is 5.49. The quantitative estimate of drug-likeness (QED) is 0.462. The highest BCUT2D eigenvalue weighted by Crippen LogP contribution is 2.26. The molecule has 3 amide bonds. The second-order valence-electron chi connectivity index (χ2n) is 12.8. The van der Waals surface area contributed by atoms with E-state index in [2.05, 4.69) is 15.6 Å². The van der Waals surface area contributed by atoms with E-state index in [-0.39, 0.29) is 23.7 Å². The van der Waals surface area contributed by atoms with Gasteiger partial charge in [-0.2, -0.15) is 0 Å². The van der Waals surface area contributed by atoms with E-state index in [4.69, 9.17) is 9.47 Å². The van der Waals surface area contributed by atoms with Crippen LogP contribution in [0.5, 0.6) is 5.75 Å². The predicted octanol–water partition coefficient (Wildman–Crippen LogP) is 4.46. The van der Waals surface area contributed by atoms with Gasteiger partial charge in [0.25, 0.3) is 0 Å². The van der Waals surface area contributed by atoms with E-state index in [1.165, 1.54) is 0 Å². The van der Waals surface area contributed by atoms with Crippen LogP contribution in [0.25, 0.3) is 0 Å². The van der Waals surface area contributed by atoms with Crippen LogP contribution in [0.3, 0.4) is 0 Å². The number of rotatable bonds is 8. The molecule has 232 valence electrons. The van der Waals surface area contributed by atoms with Gasteiger partial charge in [0.2, 0.25) is 5.91 Å². The lowest BCUT2D eigenvalue weighted by molar-refractivity contribution is -0.138. The van der Waals surface area contributed by atoms with Crippen LogP contribution in [-0.2, 0) is 20.7 Å². The monoisotopic (exact) mass is 586 g/mol. The Balaban J connectivity index is 1.80. The topological polar surface area (TPSA) is 139 Å². The van der Waals surface area contributed by atoms with E-state index < -0.39 is 29.4 Å². The van der Waals surface area contributed by atoms with Crippen LogP contribution in [0.1, 0.15) is 85.2 Å². The Hall–Kier alpha value is -3.83. The van der Waals surface area contributed by atoms with Crippen molar-refractivity contribution in [1.29, 1.82) is 0 Å². The van der Waals surface area contributed by atoms with Crippen LogP contribution in [0, 0.1) is 5.92 Å². The molecule has 1 aliphatic rings. The number of nitrogens with zero attached hydrogens (tertiary/aromatic N) is 5. The molecule has 3 atom stereocenters. The zero-order valence-corrected chi connectivity index (χ0v) is 26.1. The summed E-state index contributed by atoms with van der Waals surface area (Å²) < 4.78 is 12.5. The van der Waals surface area contributed by atoms with Crippen molar-refractivity contribution in [3.05, 3.63) is 41.7 Å². The molecule has 2 heterocycles. The molecule has 0 saturated carbocycles. The highest BCUT2D eigenvalue weighted by atomic mass is 16.6. The maximum absolute atomic E-state index is 13.8. The highest BCUT2D eigenvalue weighted by molar-refractivity contribution is 5.81. The van der Waals surface area contributed by atoms with Crippen molar-refractivity contribution in [1.82, 2.24) is 30.1 Å². The fourth-order valence-electron chi connectivity index (χ4n) is 4.60. The molecule has 1 aromatic heterocycles. The number of hydrogen-bond donors (Lipinski definition) is 2. The Kier molecular flexibility index (Phi) is 10.5. The summed E-state index contributed by atoms with van der Waals surface area (Å²) in [5.41, 5.74) is 0.0621. The summed E-state index contributed by atoms with van der Waals surface area (Å²) in [4.78, 5) is 42.4. The third kappa shape index (κ3) is 9.35. The van der Waals surface area contributed by atoms with Gasteiger partial charge < -0.3 is 29.7 Å². The number of nitrogens with one attached hydrogen (secondary N) is 1. The first kappa shape index (κ1) is 32.7. The summed E-state index contributed by atoms with van der Waals surface area (Å²) in [5.74, 6) is -0.00620. The molecule has 1 saturated heterocycles. The van der Waals surface area contributed by atoms with E-state index in [9.17, 15) is 19.5 Å². The molecule has 12 nitrogen and oxygen atoms in total. The highest BCUT2D eigenvalue weighted by Gasteiger charge is 2.35. The van der Waals surface area contributed by atoms with E-state index in [1.807, 2.05) is 34.6 Å². The number of carbonyl (C=O) groups is 3. The molecule has 2 unspecified atom stereocenters. The summed E-state index contributed by atoms with van der Waals surface area (Å²) >= 11 is 0. The number of alkyl carbamates (subject to hydrolysis) is 1. The molecular weight excluding hydrogens is 540 g/mol. The van der Waals surface area contributed by atoms with Crippen molar-refractivity contribution >= 4 is 18.1 Å². The Morgan fingerprint density at radius 1 is 0.952 bits per heavy atom. The van der Waals surface area contributed by atoms with Crippen molar-refractivity contribution in [3.63, 3.8) is 0 Å². The Labute approximate surface area is 248 Å². The summed E-state index contributed by atoms with van der Waals surface area (Å²) in [7, 11) is 0. The third-order valence-corrected chi connectivity index (χ3v) is 6.92. The SMILES string of the molecule is CCC(C)[C@@H](C(=O)N1CCN(C(=O)OC(C)(C)C)CC1)n1cc(C(Cc2ccc(O)cc2)NC(=O)OC(C)(C)C)nn1. The second-order valence-corrected chi connectivity index (χ2v) is 12.8. The summed E-state index contributed by atoms with van der Waals surface area (Å²) in [5, 5.41) is 21.3. The molecule has 0 spiro atoms. The van der Waals surface area contributed by atoms with E-state index in [0.29, 0.717) is 38.3 Å². The molecule has 2 N–H and O–H groups in total. The molecule has 1 aromatic carbocycles. The lowest BCUT2D eigenvalue weighted by Gasteiger charge is -2.37. The number of amides is 3. The van der Waals surface area contributed by atoms with Gasteiger partial charge in [-0.05, 0) is 71.6 Å². The molecule has 42 heavy (non-hydrogen) atoms. The fourth-order valence-corrected chi connectivity index (χ4v) is 4.60. The zero-order chi connectivity index (χ0) is 31.2. The van der Waals surface area contributed by atoms with Gasteiger partial charge in [-0.1, -0.05) is 37.6 Å². The minimum Gasteiger partial charge on any atom is -0.508 e. The smallest absolute Gasteiger partial charge is 0.410 e. The van der Waals surface area contributed by atoms with Crippen molar-refractivity contribution in [2.24, 2.45) is 5.92 Å². The minimum absolute atomic E-state index is 0.0506. The maximum atomic E-state index is 13.8. The van der Waals surface area contributed by atoms with Crippen molar-refractivity contribution < 1.29 is 29.0 Å². The number of benzene rings is 1. The van der Waals surface area contributed by atoms with Crippen LogP contribution in [-0.4, -0.2) is 85.4 Å². The number of ether oxygens (including phenoxy) is 2. The van der Waals surface area contributed by atoms with Gasteiger partial charge in [0.05, 0.1) is 12.2 Å². The van der Waals surface area contributed by atoms with Gasteiger partial charge in [0.1, 0.15) is 28.7 Å². The molecule has 3 rings (SSSR count). The molecule has 1 fully saturated rings. The maximum Gasteiger partial charge on any atom is 0.410 e. The number of aromatic nitrogens is 3. The van der Waals surface area contributed by atoms with E-state index in [1.54, 1.807) is 65.7 Å². The van der Waals surface area contributed by atoms with Gasteiger partial charge in [-0.25, -0.2) is 14.3 Å². The van der Waals surface area contributed by atoms with Crippen LogP contribution in [0.2, 0.25) is 0 Å². The molecule has 0 bridgehead atoms. The van der Waals surface area contributed by atoms with Crippen LogP contribution in [0.4, 0.5) is 9.59 Å². The Morgan fingerprint density at radius 2 is 1.52 bits per heavy atom. The van der Waals surface area contributed by atoms with Crippen LogP contribution in [0.15, 0.2) is 30.5 Å². The van der Waals surface area contributed by atoms with Crippen LogP contribution >= 0.6 is 0 Å². The zero-order valence-electron chi connectivity index (χ0n) is 26.1. The van der Waals surface area contributed by atoms with Crippen molar-refractivity contribution in [3.8, 4) is 5.75 Å². The molecule has 12 heteroatoms. The molecule has 2 aromatic rings. The molecular formula is C30H46N6O6. The lowest BCUT2D eigenvalue weighted by atomic mass is 9.97. The number of phenols is 1. The number of aromatic hydroxyl groups is 1. The standard InChI is InChI=1S/C30H46N6O6/c1-9-20(2)25(26(38)34-14-16-35(17-15-34)28(40)42-30(6,7)8)36-19-24(32-33-36)23(31-27(39)41-29(3,4)5)18-21-10-12-22(37)13-11-21/h10-13,19-20,23,25,37H,9,14-18H2,1-8H3,(H,31,39)/t20?,23?,25-/m0/s1. The second kappa shape index (κ2) is 13.4. The lowest BCUT2D eigenvalue weighted by Crippen LogP contribution is -2.53.